The predicted octanol–water partition coefficient (Wildman–Crippen LogP) is 3.38. The fourth-order valence-electron chi connectivity index (χ4n) is 4.47. The van der Waals surface area contributed by atoms with E-state index in [1.54, 1.807) is 68.4 Å². The van der Waals surface area contributed by atoms with Gasteiger partial charge in [-0.1, -0.05) is 73.5 Å². The Kier molecular flexibility index (Phi) is 9.65. The number of benzene rings is 2. The lowest BCUT2D eigenvalue weighted by Crippen LogP contribution is -2.63. The van der Waals surface area contributed by atoms with Gasteiger partial charge >= 0.3 is 12.1 Å². The molecule has 0 saturated heterocycles. The van der Waals surface area contributed by atoms with Gasteiger partial charge in [-0.3, -0.25) is 14.4 Å². The first-order valence-electron chi connectivity index (χ1n) is 12.5. The largest absolute Gasteiger partial charge is 0.481 e. The summed E-state index contributed by atoms with van der Waals surface area (Å²) in [5, 5.41) is 18.0. The van der Waals surface area contributed by atoms with Crippen LogP contribution in [0, 0.1) is 11.8 Å². The number of hydrogen-bond donors (Lipinski definition) is 4. The zero-order valence-electron chi connectivity index (χ0n) is 21.2. The minimum Gasteiger partial charge on any atom is -0.481 e. The lowest BCUT2D eigenvalue weighted by molar-refractivity contribution is -0.146. The number of alkyl carbamates (subject to hydrolysis) is 1. The van der Waals surface area contributed by atoms with Crippen LogP contribution in [0.4, 0.5) is 4.79 Å². The van der Waals surface area contributed by atoms with Gasteiger partial charge in [0.2, 0.25) is 11.8 Å². The Bertz CT molecular complexity index is 1070. The van der Waals surface area contributed by atoms with Crippen molar-refractivity contribution in [1.29, 1.82) is 0 Å². The van der Waals surface area contributed by atoms with Crippen LogP contribution in [0.3, 0.4) is 0 Å². The third-order valence-electron chi connectivity index (χ3n) is 6.38. The molecule has 0 radical (unpaired) electrons. The third kappa shape index (κ3) is 8.63. The van der Waals surface area contributed by atoms with Gasteiger partial charge in [0, 0.05) is 5.92 Å². The molecule has 3 rings (SSSR count). The summed E-state index contributed by atoms with van der Waals surface area (Å²) in [4.78, 5) is 51.0. The molecule has 9 heteroatoms. The van der Waals surface area contributed by atoms with Gasteiger partial charge in [-0.2, -0.15) is 0 Å². The summed E-state index contributed by atoms with van der Waals surface area (Å²) in [6.07, 6.45) is 2.65. The molecule has 1 unspecified atom stereocenters. The van der Waals surface area contributed by atoms with E-state index in [0.29, 0.717) is 5.56 Å². The monoisotopic (exact) mass is 509 g/mol. The van der Waals surface area contributed by atoms with E-state index >= 15 is 0 Å². The fourth-order valence-corrected chi connectivity index (χ4v) is 4.47. The molecule has 1 fully saturated rings. The van der Waals surface area contributed by atoms with Crippen molar-refractivity contribution in [3.8, 4) is 0 Å². The zero-order chi connectivity index (χ0) is 26.8. The van der Waals surface area contributed by atoms with Crippen molar-refractivity contribution in [3.63, 3.8) is 0 Å². The van der Waals surface area contributed by atoms with Crippen LogP contribution in [0.2, 0.25) is 0 Å². The predicted molar refractivity (Wildman–Crippen MR) is 137 cm³/mol. The second kappa shape index (κ2) is 12.9. The number of aliphatic carboxylic acids is 1. The average molecular weight is 510 g/mol. The maximum atomic E-state index is 13.4. The van der Waals surface area contributed by atoms with E-state index in [9.17, 15) is 24.3 Å². The first-order valence-corrected chi connectivity index (χ1v) is 12.5. The minimum atomic E-state index is -1.45. The van der Waals surface area contributed by atoms with Crippen LogP contribution in [0.25, 0.3) is 0 Å². The summed E-state index contributed by atoms with van der Waals surface area (Å²) in [6, 6.07) is 16.4. The highest BCUT2D eigenvalue weighted by atomic mass is 16.5. The number of nitrogens with one attached hydrogen (secondary N) is 3. The number of carboxylic acid groups (broad SMARTS) is 1. The molecule has 1 aliphatic rings. The van der Waals surface area contributed by atoms with E-state index in [-0.39, 0.29) is 24.9 Å². The van der Waals surface area contributed by atoms with Gasteiger partial charge in [-0.25, -0.2) is 4.79 Å². The summed E-state index contributed by atoms with van der Waals surface area (Å²) in [7, 11) is 0. The van der Waals surface area contributed by atoms with E-state index in [1.165, 1.54) is 0 Å². The second-order valence-corrected chi connectivity index (χ2v) is 9.90. The Hall–Kier alpha value is -3.88. The quantitative estimate of drug-likeness (QED) is 0.343. The molecular weight excluding hydrogens is 474 g/mol. The van der Waals surface area contributed by atoms with Crippen molar-refractivity contribution in [2.75, 3.05) is 0 Å². The van der Waals surface area contributed by atoms with E-state index in [2.05, 4.69) is 16.0 Å². The van der Waals surface area contributed by atoms with Crippen molar-refractivity contribution in [2.45, 2.75) is 64.3 Å². The van der Waals surface area contributed by atoms with Crippen molar-refractivity contribution < 1.29 is 29.0 Å². The molecule has 2 atom stereocenters. The van der Waals surface area contributed by atoms with Crippen LogP contribution in [0.5, 0.6) is 0 Å². The van der Waals surface area contributed by atoms with E-state index < -0.39 is 35.6 Å². The van der Waals surface area contributed by atoms with Gasteiger partial charge in [0.25, 0.3) is 0 Å². The van der Waals surface area contributed by atoms with Gasteiger partial charge in [0.1, 0.15) is 18.3 Å². The number of ether oxygens (including phenoxy) is 1. The summed E-state index contributed by atoms with van der Waals surface area (Å²) in [5.41, 5.74) is 0.273. The molecule has 0 bridgehead atoms. The van der Waals surface area contributed by atoms with Gasteiger partial charge in [0.05, 0.1) is 5.92 Å². The molecule has 1 aliphatic carbocycles. The molecule has 2 aromatic carbocycles. The third-order valence-corrected chi connectivity index (χ3v) is 6.38. The van der Waals surface area contributed by atoms with Gasteiger partial charge in [0.15, 0.2) is 0 Å². The van der Waals surface area contributed by atoms with E-state index in [0.717, 1.165) is 31.2 Å². The Balaban J connectivity index is 1.75. The van der Waals surface area contributed by atoms with Gasteiger partial charge < -0.3 is 25.8 Å². The summed E-state index contributed by atoms with van der Waals surface area (Å²) >= 11 is 0. The van der Waals surface area contributed by atoms with Crippen molar-refractivity contribution in [2.24, 2.45) is 11.8 Å². The average Bonchev–Trinajstić information content (AvgIpc) is 3.41. The molecule has 0 heterocycles. The highest BCUT2D eigenvalue weighted by molar-refractivity contribution is 5.91. The van der Waals surface area contributed by atoms with Crippen LogP contribution in [-0.2, 0) is 32.1 Å². The standard InChI is InChI=1S/C28H35N3O6/c1-28(2,30-24(32)21-15-9-10-16-21)31-25(33)23(22(26(34)35)17-19-11-5-3-6-12-19)29-27(36)37-18-20-13-7-4-8-14-20/h3-8,11-14,21-23H,9-10,15-18H2,1-2H3,(H,29,36)(H,30,32)(H,31,33)(H,34,35)/t22?,23-/m0/s1. The molecule has 37 heavy (non-hydrogen) atoms. The molecule has 2 aromatic rings. The Labute approximate surface area is 217 Å². The molecule has 0 aliphatic heterocycles. The maximum Gasteiger partial charge on any atom is 0.408 e. The molecular formula is C28H35N3O6. The number of carbonyl (C=O) groups is 4. The number of hydrogen-bond acceptors (Lipinski definition) is 5. The number of carbonyl (C=O) groups excluding carboxylic acids is 3. The van der Waals surface area contributed by atoms with Gasteiger partial charge in [-0.05, 0) is 44.2 Å². The fraction of sp³-hybridized carbons (Fsp3) is 0.429. The first-order chi connectivity index (χ1) is 17.6. The Morgan fingerprint density at radius 3 is 2.05 bits per heavy atom. The summed E-state index contributed by atoms with van der Waals surface area (Å²) in [6.45, 7) is 3.20. The SMILES string of the molecule is CC(C)(NC(=O)C1CCCC1)NC(=O)[C@@H](NC(=O)OCc1ccccc1)C(Cc1ccccc1)C(=O)O. The normalized spacial score (nSPS) is 15.3. The topological polar surface area (TPSA) is 134 Å². The van der Waals surface area contributed by atoms with Crippen LogP contribution >= 0.6 is 0 Å². The Morgan fingerprint density at radius 1 is 0.919 bits per heavy atom. The zero-order valence-corrected chi connectivity index (χ0v) is 21.2. The molecule has 0 aromatic heterocycles. The number of amides is 3. The van der Waals surface area contributed by atoms with Crippen LogP contribution in [0.1, 0.15) is 50.7 Å². The highest BCUT2D eigenvalue weighted by Crippen LogP contribution is 2.25. The second-order valence-electron chi connectivity index (χ2n) is 9.90. The Morgan fingerprint density at radius 2 is 1.49 bits per heavy atom. The molecule has 198 valence electrons. The van der Waals surface area contributed by atoms with Crippen LogP contribution in [0.15, 0.2) is 60.7 Å². The van der Waals surface area contributed by atoms with Crippen molar-refractivity contribution in [3.05, 3.63) is 71.8 Å². The van der Waals surface area contributed by atoms with Crippen molar-refractivity contribution in [1.82, 2.24) is 16.0 Å². The van der Waals surface area contributed by atoms with E-state index in [4.69, 9.17) is 4.74 Å². The minimum absolute atomic E-state index is 0.00207. The lowest BCUT2D eigenvalue weighted by atomic mass is 9.91. The molecule has 3 amide bonds. The van der Waals surface area contributed by atoms with Crippen LogP contribution in [-0.4, -0.2) is 40.7 Å². The lowest BCUT2D eigenvalue weighted by Gasteiger charge is -2.32. The maximum absolute atomic E-state index is 13.4. The van der Waals surface area contributed by atoms with Gasteiger partial charge in [-0.15, -0.1) is 0 Å². The number of rotatable bonds is 11. The van der Waals surface area contributed by atoms with E-state index in [1.807, 2.05) is 6.07 Å². The first kappa shape index (κ1) is 27.7. The smallest absolute Gasteiger partial charge is 0.408 e. The van der Waals surface area contributed by atoms with Crippen molar-refractivity contribution >= 4 is 23.9 Å². The molecule has 1 saturated carbocycles. The molecule has 4 N–H and O–H groups in total. The summed E-state index contributed by atoms with van der Waals surface area (Å²) in [5.74, 6) is -3.54. The highest BCUT2D eigenvalue weighted by Gasteiger charge is 2.38. The molecule has 0 spiro atoms. The van der Waals surface area contributed by atoms with Crippen LogP contribution < -0.4 is 16.0 Å². The molecule has 9 nitrogen and oxygen atoms in total. The number of carboxylic acids is 1. The summed E-state index contributed by atoms with van der Waals surface area (Å²) < 4.78 is 5.26.